The quantitative estimate of drug-likeness (QED) is 0.761. The summed E-state index contributed by atoms with van der Waals surface area (Å²) >= 11 is 0. The maximum atomic E-state index is 13.4. The van der Waals surface area contributed by atoms with E-state index in [0.29, 0.717) is 18.7 Å². The number of benzene rings is 2. The van der Waals surface area contributed by atoms with Gasteiger partial charge in [0.1, 0.15) is 0 Å². The van der Waals surface area contributed by atoms with Crippen molar-refractivity contribution in [3.05, 3.63) is 59.2 Å². The molecule has 0 aromatic heterocycles. The molecule has 1 saturated heterocycles. The van der Waals surface area contributed by atoms with Crippen LogP contribution >= 0.6 is 0 Å². The zero-order chi connectivity index (χ0) is 20.6. The van der Waals surface area contributed by atoms with Gasteiger partial charge in [-0.2, -0.15) is 4.31 Å². The Morgan fingerprint density at radius 3 is 2.62 bits per heavy atom. The summed E-state index contributed by atoms with van der Waals surface area (Å²) in [5, 5.41) is 0. The molecule has 0 bridgehead atoms. The normalized spacial score (nSPS) is 20.3. The van der Waals surface area contributed by atoms with E-state index >= 15 is 0 Å². The third kappa shape index (κ3) is 3.71. The minimum absolute atomic E-state index is 0.0109. The number of rotatable bonds is 3. The maximum Gasteiger partial charge on any atom is 0.258 e. The summed E-state index contributed by atoms with van der Waals surface area (Å²) in [4.78, 5) is 15.4. The van der Waals surface area contributed by atoms with Crippen molar-refractivity contribution in [2.24, 2.45) is 0 Å². The first kappa shape index (κ1) is 20.1. The second-order valence-electron chi connectivity index (χ2n) is 8.13. The van der Waals surface area contributed by atoms with Crippen LogP contribution in [0.5, 0.6) is 0 Å². The fourth-order valence-corrected chi connectivity index (χ4v) is 6.17. The molecule has 6 heteroatoms. The highest BCUT2D eigenvalue weighted by Crippen LogP contribution is 2.30. The van der Waals surface area contributed by atoms with E-state index < -0.39 is 10.0 Å². The van der Waals surface area contributed by atoms with Crippen LogP contribution in [0.2, 0.25) is 0 Å². The Bertz CT molecular complexity index is 1030. The van der Waals surface area contributed by atoms with Gasteiger partial charge in [0, 0.05) is 30.4 Å². The standard InChI is InChI=1S/C23H28N2O3S/c1-17-12-13-20(29(27,28)25-15-6-5-8-18(25)2)16-21(17)23(26)24-14-7-10-19-9-3-4-11-22(19)24/h3-4,9,11-13,16,18H,5-8,10,14-15H2,1-2H3. The molecule has 1 amide bonds. The molecule has 0 spiro atoms. The SMILES string of the molecule is Cc1ccc(S(=O)(=O)N2CCCCC2C)cc1C(=O)N1CCCc2ccccc21. The van der Waals surface area contributed by atoms with Crippen molar-refractivity contribution >= 4 is 21.6 Å². The maximum absolute atomic E-state index is 13.4. The summed E-state index contributed by atoms with van der Waals surface area (Å²) in [6.07, 6.45) is 4.68. The molecular formula is C23H28N2O3S. The highest BCUT2D eigenvalue weighted by Gasteiger charge is 2.32. The summed E-state index contributed by atoms with van der Waals surface area (Å²) in [5.41, 5.74) is 3.35. The van der Waals surface area contributed by atoms with E-state index in [4.69, 9.17) is 0 Å². The van der Waals surface area contributed by atoms with Gasteiger partial charge in [-0.15, -0.1) is 0 Å². The van der Waals surface area contributed by atoms with Crippen molar-refractivity contribution in [1.82, 2.24) is 4.31 Å². The fraction of sp³-hybridized carbons (Fsp3) is 0.435. The topological polar surface area (TPSA) is 57.7 Å². The molecular weight excluding hydrogens is 384 g/mol. The first-order valence-electron chi connectivity index (χ1n) is 10.4. The van der Waals surface area contributed by atoms with Gasteiger partial charge < -0.3 is 4.90 Å². The van der Waals surface area contributed by atoms with Crippen molar-refractivity contribution in [3.63, 3.8) is 0 Å². The van der Waals surface area contributed by atoms with Crippen LogP contribution in [0.1, 0.15) is 54.1 Å². The first-order valence-corrected chi connectivity index (χ1v) is 11.9. The Labute approximate surface area is 173 Å². The third-order valence-electron chi connectivity index (χ3n) is 6.14. The van der Waals surface area contributed by atoms with Gasteiger partial charge in [-0.05, 0) is 68.9 Å². The monoisotopic (exact) mass is 412 g/mol. The van der Waals surface area contributed by atoms with Gasteiger partial charge in [0.25, 0.3) is 5.91 Å². The molecule has 0 radical (unpaired) electrons. The van der Waals surface area contributed by atoms with Crippen LogP contribution in [0, 0.1) is 6.92 Å². The molecule has 154 valence electrons. The molecule has 0 saturated carbocycles. The number of fused-ring (bicyclic) bond motifs is 1. The summed E-state index contributed by atoms with van der Waals surface area (Å²) in [6.45, 7) is 5.01. The lowest BCUT2D eigenvalue weighted by molar-refractivity contribution is 0.0984. The number of hydrogen-bond donors (Lipinski definition) is 0. The number of para-hydroxylation sites is 1. The van der Waals surface area contributed by atoms with Crippen LogP contribution in [0.3, 0.4) is 0 Å². The number of amides is 1. The summed E-state index contributed by atoms with van der Waals surface area (Å²) in [5.74, 6) is -0.126. The first-order chi connectivity index (χ1) is 13.9. The molecule has 4 rings (SSSR count). The van der Waals surface area contributed by atoms with Crippen LogP contribution in [0.15, 0.2) is 47.4 Å². The molecule has 2 heterocycles. The Morgan fingerprint density at radius 2 is 1.83 bits per heavy atom. The smallest absolute Gasteiger partial charge is 0.258 e. The number of anilines is 1. The number of aryl methyl sites for hydroxylation is 2. The third-order valence-corrected chi connectivity index (χ3v) is 8.15. The van der Waals surface area contributed by atoms with Crippen LogP contribution in [-0.2, 0) is 16.4 Å². The van der Waals surface area contributed by atoms with Crippen LogP contribution in [-0.4, -0.2) is 37.8 Å². The second-order valence-corrected chi connectivity index (χ2v) is 10.0. The minimum atomic E-state index is -3.61. The van der Waals surface area contributed by atoms with Gasteiger partial charge in [-0.1, -0.05) is 30.7 Å². The summed E-state index contributed by atoms with van der Waals surface area (Å²) < 4.78 is 28.1. The van der Waals surface area contributed by atoms with Gasteiger partial charge in [-0.25, -0.2) is 8.42 Å². The van der Waals surface area contributed by atoms with E-state index in [2.05, 4.69) is 6.07 Å². The molecule has 2 aromatic carbocycles. The van der Waals surface area contributed by atoms with Gasteiger partial charge in [0.15, 0.2) is 0 Å². The molecule has 0 aliphatic carbocycles. The molecule has 2 aliphatic heterocycles. The van der Waals surface area contributed by atoms with E-state index in [0.717, 1.165) is 48.9 Å². The van der Waals surface area contributed by atoms with E-state index in [1.165, 1.54) is 0 Å². The Hall–Kier alpha value is -2.18. The van der Waals surface area contributed by atoms with E-state index in [1.807, 2.05) is 32.0 Å². The summed E-state index contributed by atoms with van der Waals surface area (Å²) in [7, 11) is -3.61. The summed E-state index contributed by atoms with van der Waals surface area (Å²) in [6, 6.07) is 12.9. The molecule has 2 aliphatic rings. The molecule has 0 N–H and O–H groups in total. The number of piperidine rings is 1. The average molecular weight is 413 g/mol. The van der Waals surface area contributed by atoms with Crippen molar-refractivity contribution in [2.75, 3.05) is 18.0 Å². The van der Waals surface area contributed by atoms with E-state index in [1.54, 1.807) is 27.4 Å². The Balaban J connectivity index is 1.70. The predicted octanol–water partition coefficient (Wildman–Crippen LogP) is 4.15. The van der Waals surface area contributed by atoms with Crippen molar-refractivity contribution in [3.8, 4) is 0 Å². The van der Waals surface area contributed by atoms with E-state index in [9.17, 15) is 13.2 Å². The molecule has 5 nitrogen and oxygen atoms in total. The van der Waals surface area contributed by atoms with Crippen molar-refractivity contribution < 1.29 is 13.2 Å². The van der Waals surface area contributed by atoms with Crippen molar-refractivity contribution in [2.45, 2.75) is 56.9 Å². The number of carbonyl (C=O) groups excluding carboxylic acids is 1. The van der Waals surface area contributed by atoms with E-state index in [-0.39, 0.29) is 16.8 Å². The number of hydrogen-bond acceptors (Lipinski definition) is 3. The van der Waals surface area contributed by atoms with Gasteiger partial charge >= 0.3 is 0 Å². The fourth-order valence-electron chi connectivity index (χ4n) is 4.45. The highest BCUT2D eigenvalue weighted by molar-refractivity contribution is 7.89. The zero-order valence-corrected chi connectivity index (χ0v) is 17.9. The van der Waals surface area contributed by atoms with Gasteiger partial charge in [0.2, 0.25) is 10.0 Å². The van der Waals surface area contributed by atoms with Crippen LogP contribution in [0.4, 0.5) is 5.69 Å². The van der Waals surface area contributed by atoms with Crippen LogP contribution < -0.4 is 4.90 Å². The average Bonchev–Trinajstić information content (AvgIpc) is 2.73. The van der Waals surface area contributed by atoms with Crippen LogP contribution in [0.25, 0.3) is 0 Å². The van der Waals surface area contributed by atoms with Crippen molar-refractivity contribution in [1.29, 1.82) is 0 Å². The molecule has 1 atom stereocenters. The lowest BCUT2D eigenvalue weighted by Crippen LogP contribution is -2.42. The second kappa shape index (κ2) is 7.92. The number of carbonyl (C=O) groups is 1. The lowest BCUT2D eigenvalue weighted by Gasteiger charge is -2.33. The molecule has 1 unspecified atom stereocenters. The Kier molecular flexibility index (Phi) is 5.49. The highest BCUT2D eigenvalue weighted by atomic mass is 32.2. The van der Waals surface area contributed by atoms with Gasteiger partial charge in [0.05, 0.1) is 4.90 Å². The molecule has 2 aromatic rings. The number of nitrogens with zero attached hydrogens (tertiary/aromatic N) is 2. The Morgan fingerprint density at radius 1 is 1.03 bits per heavy atom. The number of sulfonamides is 1. The zero-order valence-electron chi connectivity index (χ0n) is 17.1. The van der Waals surface area contributed by atoms with Gasteiger partial charge in [-0.3, -0.25) is 4.79 Å². The predicted molar refractivity (Wildman–Crippen MR) is 115 cm³/mol. The lowest BCUT2D eigenvalue weighted by atomic mass is 10.00. The molecule has 29 heavy (non-hydrogen) atoms. The molecule has 1 fully saturated rings. The minimum Gasteiger partial charge on any atom is -0.308 e. The largest absolute Gasteiger partial charge is 0.308 e.